The lowest BCUT2D eigenvalue weighted by Crippen LogP contribution is -2.30. The Hall–Kier alpha value is -5.62. The lowest BCUT2D eigenvalue weighted by Gasteiger charge is -2.23. The van der Waals surface area contributed by atoms with Gasteiger partial charge in [-0.2, -0.15) is 4.57 Å². The average Bonchev–Trinajstić information content (AvgIpc) is 3.13. The molecule has 250 valence electrons. The maximum Gasteiger partial charge on any atom is 0.253 e. The Labute approximate surface area is 294 Å². The third kappa shape index (κ3) is 6.07. The molecule has 3 aromatic carbocycles. The molecule has 6 heteroatoms. The highest BCUT2D eigenvalue weighted by atomic mass is 16.5. The zero-order chi connectivity index (χ0) is 35.2. The number of methoxy groups -OCH3 is 2. The van der Waals surface area contributed by atoms with E-state index in [0.29, 0.717) is 0 Å². The minimum absolute atomic E-state index is 0.0973. The predicted octanol–water partition coefficient (Wildman–Crippen LogP) is 10.1. The number of hydrogen-bond acceptors (Lipinski definition) is 5. The Bertz CT molecular complexity index is 2190. The lowest BCUT2D eigenvalue weighted by atomic mass is 9.83. The first-order valence-electron chi connectivity index (χ1n) is 17.0. The van der Waals surface area contributed by atoms with Crippen molar-refractivity contribution in [1.82, 2.24) is 15.0 Å². The van der Waals surface area contributed by atoms with Crippen LogP contribution in [0.25, 0.3) is 61.3 Å². The van der Waals surface area contributed by atoms with Crippen LogP contribution in [-0.4, -0.2) is 29.2 Å². The Morgan fingerprint density at radius 1 is 0.520 bits per heavy atom. The summed E-state index contributed by atoms with van der Waals surface area (Å²) in [5.41, 5.74) is 10.1. The molecule has 0 radical (unpaired) electrons. The average molecular weight is 660 g/mol. The molecule has 0 unspecified atom stereocenters. The number of hydrogen-bond donors (Lipinski definition) is 0. The number of fused-ring (bicyclic) bond motifs is 3. The molecule has 0 atom stereocenters. The van der Waals surface area contributed by atoms with E-state index in [1.165, 1.54) is 11.1 Å². The van der Waals surface area contributed by atoms with E-state index in [0.717, 1.165) is 72.8 Å². The molecule has 0 saturated carbocycles. The van der Waals surface area contributed by atoms with Crippen molar-refractivity contribution in [2.24, 2.45) is 0 Å². The van der Waals surface area contributed by atoms with Gasteiger partial charge < -0.3 is 9.47 Å². The summed E-state index contributed by atoms with van der Waals surface area (Å²) in [4.78, 5) is 15.4. The van der Waals surface area contributed by atoms with Crippen LogP contribution in [0.2, 0.25) is 0 Å². The molecular weight excluding hydrogens is 617 g/mol. The van der Waals surface area contributed by atoms with Crippen molar-refractivity contribution in [1.29, 1.82) is 0 Å². The van der Waals surface area contributed by atoms with Crippen LogP contribution < -0.4 is 14.0 Å². The highest BCUT2D eigenvalue weighted by Crippen LogP contribution is 2.43. The highest BCUT2D eigenvalue weighted by molar-refractivity contribution is 6.04. The predicted molar refractivity (Wildman–Crippen MR) is 203 cm³/mol. The number of nitrogens with zero attached hydrogens (tertiary/aromatic N) is 4. The third-order valence-corrected chi connectivity index (χ3v) is 9.30. The van der Waals surface area contributed by atoms with Crippen molar-refractivity contribution < 1.29 is 14.0 Å². The molecule has 0 fully saturated rings. The zero-order valence-electron chi connectivity index (χ0n) is 30.1. The number of benzene rings is 3. The molecule has 7 rings (SSSR count). The Morgan fingerprint density at radius 3 is 1.52 bits per heavy atom. The largest absolute Gasteiger partial charge is 0.495 e. The van der Waals surface area contributed by atoms with Crippen LogP contribution in [0, 0.1) is 0 Å². The van der Waals surface area contributed by atoms with Gasteiger partial charge in [0.05, 0.1) is 42.3 Å². The maximum atomic E-state index is 6.15. The van der Waals surface area contributed by atoms with Gasteiger partial charge >= 0.3 is 0 Å². The van der Waals surface area contributed by atoms with Crippen LogP contribution in [0.15, 0.2) is 116 Å². The van der Waals surface area contributed by atoms with E-state index >= 15 is 0 Å². The normalized spacial score (nSPS) is 12.0. The fourth-order valence-electron chi connectivity index (χ4n) is 6.45. The van der Waals surface area contributed by atoms with Gasteiger partial charge in [0.1, 0.15) is 5.75 Å². The summed E-state index contributed by atoms with van der Waals surface area (Å²) in [5, 5.41) is 2.02. The standard InChI is InChI=1S/C44H43N4O2/c1-43(2,3)30-24-32(35-14-10-11-21-45-35)41(49-7)33(25-30)36-19-17-28-15-16-29-18-20-37(47-40(29)39(28)46-36)34-26-31(44(4,5)6)27-38(42(34)50-8)48-22-12-9-13-23-48/h9-27H,1-8H3/q+1. The fraction of sp³-hybridized carbons (Fsp3) is 0.227. The SMILES string of the molecule is COc1c(-c2ccccn2)cc(C(C)(C)C)cc1-c1ccc2ccc3ccc(-c4cc(C(C)(C)C)cc(-[n+]5ccccc5)c4OC)nc3c2n1. The molecule has 0 aliphatic heterocycles. The quantitative estimate of drug-likeness (QED) is 0.131. The molecule has 7 aromatic rings. The summed E-state index contributed by atoms with van der Waals surface area (Å²) >= 11 is 0. The lowest BCUT2D eigenvalue weighted by molar-refractivity contribution is -0.596. The van der Waals surface area contributed by atoms with E-state index in [-0.39, 0.29) is 10.8 Å². The number of aromatic nitrogens is 4. The van der Waals surface area contributed by atoms with Crippen molar-refractivity contribution in [2.45, 2.75) is 52.4 Å². The Kier molecular flexibility index (Phi) is 8.35. The topological polar surface area (TPSA) is 61.0 Å². The second-order valence-electron chi connectivity index (χ2n) is 14.8. The van der Waals surface area contributed by atoms with Crippen LogP contribution in [0.4, 0.5) is 0 Å². The van der Waals surface area contributed by atoms with Gasteiger partial charge in [-0.15, -0.1) is 0 Å². The van der Waals surface area contributed by atoms with Gasteiger partial charge in [-0.1, -0.05) is 77.9 Å². The van der Waals surface area contributed by atoms with Crippen molar-refractivity contribution in [3.05, 3.63) is 127 Å². The number of ether oxygens (including phenoxy) is 2. The van der Waals surface area contributed by atoms with E-state index in [1.807, 2.05) is 55.0 Å². The van der Waals surface area contributed by atoms with Gasteiger partial charge in [-0.05, 0) is 64.4 Å². The van der Waals surface area contributed by atoms with Crippen LogP contribution >= 0.6 is 0 Å². The van der Waals surface area contributed by atoms with Crippen LogP contribution in [0.1, 0.15) is 52.7 Å². The minimum Gasteiger partial charge on any atom is -0.495 e. The summed E-state index contributed by atoms with van der Waals surface area (Å²) in [6, 6.07) is 33.5. The first-order chi connectivity index (χ1) is 24.0. The second kappa shape index (κ2) is 12.7. The Balaban J connectivity index is 1.47. The first kappa shape index (κ1) is 32.9. The molecular formula is C44H43N4O2+. The molecule has 4 heterocycles. The molecule has 0 amide bonds. The molecule has 0 aliphatic rings. The fourth-order valence-corrected chi connectivity index (χ4v) is 6.45. The zero-order valence-corrected chi connectivity index (χ0v) is 30.1. The van der Waals surface area contributed by atoms with Gasteiger partial charge in [0.15, 0.2) is 12.4 Å². The monoisotopic (exact) mass is 659 g/mol. The summed E-state index contributed by atoms with van der Waals surface area (Å²) in [6.07, 6.45) is 5.90. The van der Waals surface area contributed by atoms with Crippen molar-refractivity contribution >= 4 is 21.8 Å². The molecule has 4 aromatic heterocycles. The highest BCUT2D eigenvalue weighted by Gasteiger charge is 2.26. The molecule has 6 nitrogen and oxygen atoms in total. The van der Waals surface area contributed by atoms with Crippen LogP contribution in [0.3, 0.4) is 0 Å². The minimum atomic E-state index is -0.109. The summed E-state index contributed by atoms with van der Waals surface area (Å²) < 4.78 is 14.4. The second-order valence-corrected chi connectivity index (χ2v) is 14.8. The first-order valence-corrected chi connectivity index (χ1v) is 17.0. The van der Waals surface area contributed by atoms with Gasteiger partial charge in [0.25, 0.3) is 5.69 Å². The van der Waals surface area contributed by atoms with E-state index < -0.39 is 0 Å². The van der Waals surface area contributed by atoms with E-state index in [4.69, 9.17) is 19.4 Å². The van der Waals surface area contributed by atoms with Crippen molar-refractivity contribution in [2.75, 3.05) is 14.2 Å². The van der Waals surface area contributed by atoms with Crippen molar-refractivity contribution in [3.63, 3.8) is 0 Å². The van der Waals surface area contributed by atoms with E-state index in [1.54, 1.807) is 14.2 Å². The van der Waals surface area contributed by atoms with Gasteiger partial charge in [-0.3, -0.25) is 4.98 Å². The molecule has 0 aliphatic carbocycles. The third-order valence-electron chi connectivity index (χ3n) is 9.30. The van der Waals surface area contributed by atoms with Crippen LogP contribution in [0.5, 0.6) is 11.5 Å². The molecule has 0 N–H and O–H groups in total. The summed E-state index contributed by atoms with van der Waals surface area (Å²) in [6.45, 7) is 13.3. The van der Waals surface area contributed by atoms with Crippen LogP contribution in [-0.2, 0) is 10.8 Å². The van der Waals surface area contributed by atoms with Crippen molar-refractivity contribution in [3.8, 4) is 51.0 Å². The smallest absolute Gasteiger partial charge is 0.253 e. The number of rotatable bonds is 6. The molecule has 0 saturated heterocycles. The van der Waals surface area contributed by atoms with E-state index in [2.05, 4.69) is 112 Å². The summed E-state index contributed by atoms with van der Waals surface area (Å²) in [7, 11) is 3.44. The molecule has 0 bridgehead atoms. The van der Waals surface area contributed by atoms with E-state index in [9.17, 15) is 0 Å². The summed E-state index contributed by atoms with van der Waals surface area (Å²) in [5.74, 6) is 1.51. The number of pyridine rings is 4. The molecule has 0 spiro atoms. The molecule has 50 heavy (non-hydrogen) atoms. The van der Waals surface area contributed by atoms with Gasteiger partial charge in [0, 0.05) is 51.9 Å². The van der Waals surface area contributed by atoms with Gasteiger partial charge in [-0.25, -0.2) is 9.97 Å². The maximum absolute atomic E-state index is 6.15. The van der Waals surface area contributed by atoms with Gasteiger partial charge in [0.2, 0.25) is 5.75 Å². The Morgan fingerprint density at radius 2 is 1.02 bits per heavy atom.